The molecular weight excluding hydrogens is 316 g/mol. The maximum Gasteiger partial charge on any atom is 0.0558 e. The minimum absolute atomic E-state index is 0.256. The summed E-state index contributed by atoms with van der Waals surface area (Å²) in [6, 6.07) is 12.4. The molecule has 118 valence electrons. The zero-order valence-electron chi connectivity index (χ0n) is 12.5. The summed E-state index contributed by atoms with van der Waals surface area (Å²) in [6.07, 6.45) is 0. The second-order valence-electron chi connectivity index (χ2n) is 5.59. The van der Waals surface area contributed by atoms with Gasteiger partial charge in [-0.3, -0.25) is 9.80 Å². The summed E-state index contributed by atoms with van der Waals surface area (Å²) < 4.78 is 0. The van der Waals surface area contributed by atoms with Crippen molar-refractivity contribution in [1.82, 2.24) is 9.80 Å². The molecule has 0 amide bonds. The number of aliphatic hydroxyl groups is 1. The van der Waals surface area contributed by atoms with E-state index in [1.165, 1.54) is 9.75 Å². The molecule has 1 N–H and O–H groups in total. The van der Waals surface area contributed by atoms with Crippen LogP contribution in [0.25, 0.3) is 10.4 Å². The van der Waals surface area contributed by atoms with E-state index in [1.807, 2.05) is 29.5 Å². The summed E-state index contributed by atoms with van der Waals surface area (Å²) in [7, 11) is 0. The van der Waals surface area contributed by atoms with Crippen LogP contribution in [0.2, 0.25) is 5.02 Å². The Morgan fingerprint density at radius 3 is 2.45 bits per heavy atom. The van der Waals surface area contributed by atoms with E-state index >= 15 is 0 Å². The molecule has 3 nitrogen and oxygen atoms in total. The predicted molar refractivity (Wildman–Crippen MR) is 93.6 cm³/mol. The minimum atomic E-state index is 0.256. The molecule has 0 atom stereocenters. The molecule has 0 aliphatic carbocycles. The maximum atomic E-state index is 8.99. The fourth-order valence-electron chi connectivity index (χ4n) is 2.80. The highest BCUT2D eigenvalue weighted by Gasteiger charge is 2.17. The number of halogens is 1. The highest BCUT2D eigenvalue weighted by atomic mass is 35.5. The van der Waals surface area contributed by atoms with Gasteiger partial charge in [0.05, 0.1) is 6.61 Å². The number of hydrogen-bond donors (Lipinski definition) is 1. The van der Waals surface area contributed by atoms with E-state index in [4.69, 9.17) is 16.7 Å². The standard InChI is InChI=1S/C17H21ClN2OS/c18-16-4-2-1-3-15(16)17-6-5-14(22-17)13-20-9-7-19(8-10-20)11-12-21/h1-6,21H,7-13H2. The van der Waals surface area contributed by atoms with Crippen LogP contribution in [-0.4, -0.2) is 54.2 Å². The van der Waals surface area contributed by atoms with Gasteiger partial charge in [0.25, 0.3) is 0 Å². The van der Waals surface area contributed by atoms with Crippen molar-refractivity contribution < 1.29 is 5.11 Å². The van der Waals surface area contributed by atoms with Gasteiger partial charge in [0.15, 0.2) is 0 Å². The van der Waals surface area contributed by atoms with E-state index in [0.717, 1.165) is 49.9 Å². The molecule has 0 saturated carbocycles. The van der Waals surface area contributed by atoms with Crippen LogP contribution in [0.4, 0.5) is 0 Å². The molecule has 0 bridgehead atoms. The second-order valence-corrected chi connectivity index (χ2v) is 7.16. The normalized spacial score (nSPS) is 17.0. The number of hydrogen-bond acceptors (Lipinski definition) is 4. The van der Waals surface area contributed by atoms with Crippen molar-refractivity contribution in [2.75, 3.05) is 39.3 Å². The van der Waals surface area contributed by atoms with Crippen molar-refractivity contribution in [2.24, 2.45) is 0 Å². The molecule has 1 aliphatic heterocycles. The first-order chi connectivity index (χ1) is 10.8. The highest BCUT2D eigenvalue weighted by molar-refractivity contribution is 7.15. The van der Waals surface area contributed by atoms with Crippen molar-refractivity contribution in [3.05, 3.63) is 46.3 Å². The van der Waals surface area contributed by atoms with E-state index in [0.29, 0.717) is 0 Å². The van der Waals surface area contributed by atoms with E-state index < -0.39 is 0 Å². The van der Waals surface area contributed by atoms with Gasteiger partial charge >= 0.3 is 0 Å². The van der Waals surface area contributed by atoms with Crippen LogP contribution in [0, 0.1) is 0 Å². The van der Waals surface area contributed by atoms with Gasteiger partial charge in [0, 0.05) is 59.6 Å². The van der Waals surface area contributed by atoms with E-state index in [9.17, 15) is 0 Å². The van der Waals surface area contributed by atoms with Crippen molar-refractivity contribution in [2.45, 2.75) is 6.54 Å². The third kappa shape index (κ3) is 3.89. The monoisotopic (exact) mass is 336 g/mol. The molecule has 1 saturated heterocycles. The Labute approximate surface area is 140 Å². The largest absolute Gasteiger partial charge is 0.395 e. The molecule has 2 aromatic rings. The van der Waals surface area contributed by atoms with Crippen LogP contribution < -0.4 is 0 Å². The molecule has 3 rings (SSSR count). The summed E-state index contributed by atoms with van der Waals surface area (Å²) in [5, 5.41) is 9.80. The summed E-state index contributed by atoms with van der Waals surface area (Å²) >= 11 is 8.10. The van der Waals surface area contributed by atoms with Crippen LogP contribution in [-0.2, 0) is 6.54 Å². The minimum Gasteiger partial charge on any atom is -0.395 e. The average molecular weight is 337 g/mol. The molecule has 1 fully saturated rings. The number of thiophene rings is 1. The second kappa shape index (κ2) is 7.57. The Hall–Kier alpha value is -0.910. The molecule has 2 heterocycles. The first-order valence-corrected chi connectivity index (χ1v) is 8.85. The Kier molecular flexibility index (Phi) is 5.50. The summed E-state index contributed by atoms with van der Waals surface area (Å²) in [4.78, 5) is 7.42. The average Bonchev–Trinajstić information content (AvgIpc) is 2.98. The van der Waals surface area contributed by atoms with Gasteiger partial charge in [-0.15, -0.1) is 11.3 Å². The number of benzene rings is 1. The SMILES string of the molecule is OCCN1CCN(Cc2ccc(-c3ccccc3Cl)s2)CC1. The van der Waals surface area contributed by atoms with E-state index in [-0.39, 0.29) is 6.61 Å². The fourth-order valence-corrected chi connectivity index (χ4v) is 4.18. The Morgan fingerprint density at radius 2 is 1.73 bits per heavy atom. The molecule has 0 radical (unpaired) electrons. The number of aliphatic hydroxyl groups excluding tert-OH is 1. The molecule has 1 aromatic heterocycles. The molecule has 1 aliphatic rings. The smallest absolute Gasteiger partial charge is 0.0558 e. The van der Waals surface area contributed by atoms with Crippen molar-refractivity contribution in [1.29, 1.82) is 0 Å². The first kappa shape index (κ1) is 16.0. The van der Waals surface area contributed by atoms with Crippen molar-refractivity contribution in [3.63, 3.8) is 0 Å². The predicted octanol–water partition coefficient (Wildman–Crippen LogP) is 3.18. The lowest BCUT2D eigenvalue weighted by Gasteiger charge is -2.34. The van der Waals surface area contributed by atoms with Crippen LogP contribution in [0.5, 0.6) is 0 Å². The van der Waals surface area contributed by atoms with Gasteiger partial charge in [-0.25, -0.2) is 0 Å². The van der Waals surface area contributed by atoms with Gasteiger partial charge in [0.2, 0.25) is 0 Å². The van der Waals surface area contributed by atoms with Crippen LogP contribution in [0.3, 0.4) is 0 Å². The molecule has 0 spiro atoms. The summed E-state index contributed by atoms with van der Waals surface area (Å²) in [5.74, 6) is 0. The third-order valence-electron chi connectivity index (χ3n) is 4.06. The van der Waals surface area contributed by atoms with Gasteiger partial charge in [-0.2, -0.15) is 0 Å². The van der Waals surface area contributed by atoms with Crippen LogP contribution >= 0.6 is 22.9 Å². The van der Waals surface area contributed by atoms with Crippen LogP contribution in [0.15, 0.2) is 36.4 Å². The van der Waals surface area contributed by atoms with Crippen molar-refractivity contribution >= 4 is 22.9 Å². The van der Waals surface area contributed by atoms with Gasteiger partial charge in [0.1, 0.15) is 0 Å². The van der Waals surface area contributed by atoms with E-state index in [2.05, 4.69) is 28.0 Å². The molecule has 0 unspecified atom stereocenters. The molecular formula is C17H21ClN2OS. The quantitative estimate of drug-likeness (QED) is 0.908. The zero-order valence-corrected chi connectivity index (χ0v) is 14.1. The molecule has 1 aromatic carbocycles. The molecule has 22 heavy (non-hydrogen) atoms. The Morgan fingerprint density at radius 1 is 1.00 bits per heavy atom. The number of piperazine rings is 1. The lowest BCUT2D eigenvalue weighted by atomic mass is 10.2. The van der Waals surface area contributed by atoms with E-state index in [1.54, 1.807) is 0 Å². The van der Waals surface area contributed by atoms with Gasteiger partial charge in [-0.1, -0.05) is 29.8 Å². The van der Waals surface area contributed by atoms with Gasteiger partial charge in [-0.05, 0) is 18.2 Å². The first-order valence-electron chi connectivity index (χ1n) is 7.65. The number of nitrogens with zero attached hydrogens (tertiary/aromatic N) is 2. The summed E-state index contributed by atoms with van der Waals surface area (Å²) in [5.41, 5.74) is 1.12. The topological polar surface area (TPSA) is 26.7 Å². The number of β-amino-alcohol motifs (C(OH)–C–C–N with tert-alkyl or cyclic N) is 1. The summed E-state index contributed by atoms with van der Waals surface area (Å²) in [6.45, 7) is 6.28. The fraction of sp³-hybridized carbons (Fsp3) is 0.412. The van der Waals surface area contributed by atoms with Gasteiger partial charge < -0.3 is 5.11 Å². The lowest BCUT2D eigenvalue weighted by molar-refractivity contribution is 0.109. The third-order valence-corrected chi connectivity index (χ3v) is 5.49. The van der Waals surface area contributed by atoms with Crippen molar-refractivity contribution in [3.8, 4) is 10.4 Å². The van der Waals surface area contributed by atoms with Crippen LogP contribution in [0.1, 0.15) is 4.88 Å². The Balaban J connectivity index is 1.60. The maximum absolute atomic E-state index is 8.99. The lowest BCUT2D eigenvalue weighted by Crippen LogP contribution is -2.46. The number of rotatable bonds is 5. The Bertz CT molecular complexity index is 608. The zero-order chi connectivity index (χ0) is 15.4. The molecule has 5 heteroatoms. The highest BCUT2D eigenvalue weighted by Crippen LogP contribution is 2.33.